The Morgan fingerprint density at radius 2 is 1.95 bits per heavy atom. The van der Waals surface area contributed by atoms with Crippen molar-refractivity contribution in [2.45, 2.75) is 0 Å². The van der Waals surface area contributed by atoms with E-state index in [1.165, 1.54) is 0 Å². The molecule has 1 heterocycles. The summed E-state index contributed by atoms with van der Waals surface area (Å²) in [5.74, 6) is -0.102. The average molecular weight is 347 g/mol. The van der Waals surface area contributed by atoms with Crippen molar-refractivity contribution in [1.82, 2.24) is 4.98 Å². The minimum atomic E-state index is -0.102. The summed E-state index contributed by atoms with van der Waals surface area (Å²) in [6, 6.07) is 12.8. The molecule has 0 unspecified atom stereocenters. The molecule has 0 radical (unpaired) electrons. The van der Waals surface area contributed by atoms with Gasteiger partial charge in [0.2, 0.25) is 0 Å². The van der Waals surface area contributed by atoms with Gasteiger partial charge >= 0.3 is 0 Å². The van der Waals surface area contributed by atoms with E-state index in [1.54, 1.807) is 30.6 Å². The van der Waals surface area contributed by atoms with Crippen LogP contribution in [-0.4, -0.2) is 10.8 Å². The van der Waals surface area contributed by atoms with E-state index in [0.29, 0.717) is 16.1 Å². The van der Waals surface area contributed by atoms with E-state index >= 15 is 0 Å². The van der Waals surface area contributed by atoms with Crippen LogP contribution in [0.5, 0.6) is 0 Å². The average Bonchev–Trinajstić information content (AvgIpc) is 2.48. The van der Waals surface area contributed by atoms with E-state index < -0.39 is 0 Å². The lowest BCUT2D eigenvalue weighted by Gasteiger charge is -2.07. The van der Waals surface area contributed by atoms with Crippen molar-refractivity contribution in [2.24, 2.45) is 0 Å². The summed E-state index contributed by atoms with van der Waals surface area (Å²) in [7, 11) is 0. The molecule has 0 aliphatic rings. The minimum Gasteiger partial charge on any atom is -0.289 e. The first-order chi connectivity index (χ1) is 9.66. The maximum Gasteiger partial charge on any atom is 0.195 e. The fourth-order valence-electron chi connectivity index (χ4n) is 2.13. The van der Waals surface area contributed by atoms with Gasteiger partial charge in [-0.3, -0.25) is 9.78 Å². The largest absolute Gasteiger partial charge is 0.289 e. The first-order valence-electron chi connectivity index (χ1n) is 5.99. The molecule has 0 saturated heterocycles. The Labute approximate surface area is 129 Å². The fourth-order valence-corrected chi connectivity index (χ4v) is 2.69. The number of carbonyl (C=O) groups excluding carboxylic acids is 1. The Hall–Kier alpha value is -1.71. The molecule has 0 atom stereocenters. The molecule has 0 aliphatic heterocycles. The molecule has 0 amide bonds. The Morgan fingerprint density at radius 3 is 2.80 bits per heavy atom. The van der Waals surface area contributed by atoms with E-state index in [-0.39, 0.29) is 5.78 Å². The van der Waals surface area contributed by atoms with E-state index in [4.69, 9.17) is 11.6 Å². The molecule has 0 spiro atoms. The first kappa shape index (κ1) is 13.3. The van der Waals surface area contributed by atoms with Gasteiger partial charge in [0, 0.05) is 33.4 Å². The highest BCUT2D eigenvalue weighted by Crippen LogP contribution is 2.26. The summed E-state index contributed by atoms with van der Waals surface area (Å²) in [5, 5.41) is 2.26. The molecule has 0 saturated carbocycles. The highest BCUT2D eigenvalue weighted by atomic mass is 79.9. The third-order valence-electron chi connectivity index (χ3n) is 3.10. The van der Waals surface area contributed by atoms with Gasteiger partial charge in [-0.2, -0.15) is 0 Å². The third-order valence-corrected chi connectivity index (χ3v) is 3.92. The number of ketones is 1. The van der Waals surface area contributed by atoms with Crippen molar-refractivity contribution in [3.63, 3.8) is 0 Å². The van der Waals surface area contributed by atoms with Gasteiger partial charge in [0.1, 0.15) is 0 Å². The van der Waals surface area contributed by atoms with Crippen molar-refractivity contribution >= 4 is 44.1 Å². The van der Waals surface area contributed by atoms with Crippen molar-refractivity contribution < 1.29 is 4.79 Å². The predicted octanol–water partition coefficient (Wildman–Crippen LogP) is 4.88. The first-order valence-corrected chi connectivity index (χ1v) is 7.16. The second-order valence-electron chi connectivity index (χ2n) is 4.36. The lowest BCUT2D eigenvalue weighted by Crippen LogP contribution is -2.03. The summed E-state index contributed by atoms with van der Waals surface area (Å²) in [6.07, 6.45) is 3.41. The molecule has 0 fully saturated rings. The highest BCUT2D eigenvalue weighted by molar-refractivity contribution is 9.10. The molecule has 3 rings (SSSR count). The van der Waals surface area contributed by atoms with Gasteiger partial charge in [-0.1, -0.05) is 45.7 Å². The van der Waals surface area contributed by atoms with Gasteiger partial charge in [0.15, 0.2) is 5.78 Å². The zero-order valence-corrected chi connectivity index (χ0v) is 12.6. The summed E-state index contributed by atoms with van der Waals surface area (Å²) in [5.41, 5.74) is 1.09. The molecule has 2 nitrogen and oxygen atoms in total. The van der Waals surface area contributed by atoms with Crippen molar-refractivity contribution in [2.75, 3.05) is 0 Å². The Balaban J connectivity index is 2.20. The highest BCUT2D eigenvalue weighted by Gasteiger charge is 2.15. The number of hydrogen-bond acceptors (Lipinski definition) is 2. The molecule has 98 valence electrons. The molecule has 0 bridgehead atoms. The maximum atomic E-state index is 12.7. The minimum absolute atomic E-state index is 0.102. The molecule has 2 aromatic carbocycles. The quantitative estimate of drug-likeness (QED) is 0.619. The van der Waals surface area contributed by atoms with E-state index in [2.05, 4.69) is 20.9 Å². The normalized spacial score (nSPS) is 10.7. The van der Waals surface area contributed by atoms with Crippen LogP contribution < -0.4 is 0 Å². The number of fused-ring (bicyclic) bond motifs is 1. The van der Waals surface area contributed by atoms with Crippen LogP contribution >= 0.6 is 27.5 Å². The van der Waals surface area contributed by atoms with E-state index in [0.717, 1.165) is 15.2 Å². The van der Waals surface area contributed by atoms with Crippen molar-refractivity contribution in [1.29, 1.82) is 0 Å². The number of halogens is 2. The fraction of sp³-hybridized carbons (Fsp3) is 0. The second kappa shape index (κ2) is 5.35. The molecular formula is C16H9BrClNO. The molecule has 20 heavy (non-hydrogen) atoms. The zero-order valence-electron chi connectivity index (χ0n) is 10.3. The Bertz CT molecular complexity index is 811. The predicted molar refractivity (Wildman–Crippen MR) is 84.3 cm³/mol. The smallest absolute Gasteiger partial charge is 0.195 e. The number of pyridine rings is 1. The standard InChI is InChI=1S/C16H9BrClNO/c17-11-4-5-15(18)13(8-11)16(20)12-3-1-2-10-6-7-19-9-14(10)12/h1-9H. The number of carbonyl (C=O) groups is 1. The van der Waals surface area contributed by atoms with E-state index in [1.807, 2.05) is 24.3 Å². The summed E-state index contributed by atoms with van der Waals surface area (Å²) in [6.45, 7) is 0. The summed E-state index contributed by atoms with van der Waals surface area (Å²) in [4.78, 5) is 16.8. The van der Waals surface area contributed by atoms with Gasteiger partial charge in [0.05, 0.1) is 5.02 Å². The summed E-state index contributed by atoms with van der Waals surface area (Å²) < 4.78 is 0.823. The zero-order chi connectivity index (χ0) is 14.1. The van der Waals surface area contributed by atoms with Crippen LogP contribution in [0.15, 0.2) is 59.3 Å². The topological polar surface area (TPSA) is 30.0 Å². The number of nitrogens with zero attached hydrogens (tertiary/aromatic N) is 1. The van der Waals surface area contributed by atoms with E-state index in [9.17, 15) is 4.79 Å². The molecule has 4 heteroatoms. The number of aromatic nitrogens is 1. The Morgan fingerprint density at radius 1 is 1.10 bits per heavy atom. The van der Waals surface area contributed by atoms with Crippen LogP contribution in [-0.2, 0) is 0 Å². The van der Waals surface area contributed by atoms with Gasteiger partial charge in [-0.25, -0.2) is 0 Å². The molecular weight excluding hydrogens is 338 g/mol. The summed E-state index contributed by atoms with van der Waals surface area (Å²) >= 11 is 9.50. The molecule has 0 aliphatic carbocycles. The number of rotatable bonds is 2. The van der Waals surface area contributed by atoms with Crippen LogP contribution in [0.2, 0.25) is 5.02 Å². The van der Waals surface area contributed by atoms with Crippen LogP contribution in [0.1, 0.15) is 15.9 Å². The molecule has 3 aromatic rings. The van der Waals surface area contributed by atoms with Crippen LogP contribution in [0.3, 0.4) is 0 Å². The van der Waals surface area contributed by atoms with Gasteiger partial charge in [0.25, 0.3) is 0 Å². The van der Waals surface area contributed by atoms with Crippen molar-refractivity contribution in [3.05, 3.63) is 75.5 Å². The monoisotopic (exact) mass is 345 g/mol. The second-order valence-corrected chi connectivity index (χ2v) is 5.68. The SMILES string of the molecule is O=C(c1cc(Br)ccc1Cl)c1cccc2ccncc12. The van der Waals surface area contributed by atoms with Crippen LogP contribution in [0.4, 0.5) is 0 Å². The van der Waals surface area contributed by atoms with Gasteiger partial charge in [-0.05, 0) is 29.7 Å². The molecule has 0 N–H and O–H groups in total. The number of hydrogen-bond donors (Lipinski definition) is 0. The van der Waals surface area contributed by atoms with Crippen molar-refractivity contribution in [3.8, 4) is 0 Å². The molecule has 1 aromatic heterocycles. The lowest BCUT2D eigenvalue weighted by molar-refractivity contribution is 0.104. The van der Waals surface area contributed by atoms with Crippen LogP contribution in [0, 0.1) is 0 Å². The third kappa shape index (κ3) is 2.35. The number of benzene rings is 2. The van der Waals surface area contributed by atoms with Crippen LogP contribution in [0.25, 0.3) is 10.8 Å². The Kier molecular flexibility index (Phi) is 3.55. The maximum absolute atomic E-state index is 12.7. The lowest BCUT2D eigenvalue weighted by atomic mass is 9.98. The van der Waals surface area contributed by atoms with Gasteiger partial charge < -0.3 is 0 Å². The van der Waals surface area contributed by atoms with Gasteiger partial charge in [-0.15, -0.1) is 0 Å².